The summed E-state index contributed by atoms with van der Waals surface area (Å²) in [6.45, 7) is 0. The molecule has 0 radical (unpaired) electrons. The van der Waals surface area contributed by atoms with Gasteiger partial charge < -0.3 is 14.5 Å². The van der Waals surface area contributed by atoms with E-state index in [2.05, 4.69) is 15.0 Å². The molecule has 1 amide bonds. The molecule has 0 fully saturated rings. The summed E-state index contributed by atoms with van der Waals surface area (Å²) in [7, 11) is -2.39. The van der Waals surface area contributed by atoms with Gasteiger partial charge in [0.2, 0.25) is 5.91 Å². The fourth-order valence-corrected chi connectivity index (χ4v) is 4.87. The summed E-state index contributed by atoms with van der Waals surface area (Å²) in [5.74, 6) is -0.0488. The Balaban J connectivity index is 1.43. The number of non-ortho nitro benzene ring substituents is 1. The lowest BCUT2D eigenvalue weighted by Gasteiger charge is -2.08. The SMILES string of the molecule is COc1ccc(NS(=O)(=O)c2ccc3oc(SCC(=O)Nc4ccc([N+](=O)[O-])cc4C#N)nc3c2)cc1. The van der Waals surface area contributed by atoms with Crippen molar-refractivity contribution in [2.24, 2.45) is 0 Å². The van der Waals surface area contributed by atoms with Crippen LogP contribution in [0.25, 0.3) is 11.1 Å². The first kappa shape index (κ1) is 25.5. The summed E-state index contributed by atoms with van der Waals surface area (Å²) in [6, 6.07) is 15.9. The van der Waals surface area contributed by atoms with Gasteiger partial charge in [-0.05, 0) is 48.5 Å². The number of ether oxygens (including phenoxy) is 1. The highest BCUT2D eigenvalue weighted by atomic mass is 32.2. The molecule has 37 heavy (non-hydrogen) atoms. The molecule has 1 heterocycles. The summed E-state index contributed by atoms with van der Waals surface area (Å²) in [4.78, 5) is 26.8. The molecule has 4 aromatic rings. The van der Waals surface area contributed by atoms with Crippen molar-refractivity contribution in [1.29, 1.82) is 5.26 Å². The Labute approximate surface area is 214 Å². The molecular formula is C23H17N5O7S2. The van der Waals surface area contributed by atoms with Crippen LogP contribution in [0.4, 0.5) is 17.1 Å². The van der Waals surface area contributed by atoms with E-state index in [1.807, 2.05) is 6.07 Å². The van der Waals surface area contributed by atoms with Gasteiger partial charge >= 0.3 is 0 Å². The van der Waals surface area contributed by atoms with Gasteiger partial charge in [0.15, 0.2) is 5.58 Å². The van der Waals surface area contributed by atoms with Crippen LogP contribution in [0.2, 0.25) is 0 Å². The van der Waals surface area contributed by atoms with Crippen molar-refractivity contribution in [3.8, 4) is 11.8 Å². The largest absolute Gasteiger partial charge is 0.497 e. The van der Waals surface area contributed by atoms with Crippen LogP contribution in [0.5, 0.6) is 5.75 Å². The summed E-state index contributed by atoms with van der Waals surface area (Å²) < 4.78 is 38.7. The number of carbonyl (C=O) groups excluding carboxylic acids is 1. The van der Waals surface area contributed by atoms with Crippen molar-refractivity contribution in [2.45, 2.75) is 10.1 Å². The van der Waals surface area contributed by atoms with Crippen LogP contribution < -0.4 is 14.8 Å². The zero-order chi connectivity index (χ0) is 26.6. The van der Waals surface area contributed by atoms with Gasteiger partial charge in [-0.2, -0.15) is 5.26 Å². The van der Waals surface area contributed by atoms with E-state index in [1.54, 1.807) is 24.3 Å². The molecule has 0 bridgehead atoms. The molecule has 0 aliphatic carbocycles. The smallest absolute Gasteiger partial charge is 0.270 e. The van der Waals surface area contributed by atoms with Crippen LogP contribution >= 0.6 is 11.8 Å². The Morgan fingerprint density at radius 2 is 1.95 bits per heavy atom. The van der Waals surface area contributed by atoms with Crippen molar-refractivity contribution in [1.82, 2.24) is 4.98 Å². The maximum absolute atomic E-state index is 12.8. The van der Waals surface area contributed by atoms with E-state index in [0.29, 0.717) is 17.0 Å². The van der Waals surface area contributed by atoms with Gasteiger partial charge in [0.05, 0.1) is 33.9 Å². The number of nitrogens with one attached hydrogen (secondary N) is 2. The topological polar surface area (TPSA) is 177 Å². The van der Waals surface area contributed by atoms with Crippen molar-refractivity contribution in [2.75, 3.05) is 22.9 Å². The van der Waals surface area contributed by atoms with Gasteiger partial charge in [-0.15, -0.1) is 0 Å². The Kier molecular flexibility index (Phi) is 7.27. The lowest BCUT2D eigenvalue weighted by molar-refractivity contribution is -0.384. The first-order chi connectivity index (χ1) is 17.7. The first-order valence-electron chi connectivity index (χ1n) is 10.4. The van der Waals surface area contributed by atoms with E-state index < -0.39 is 20.9 Å². The number of aromatic nitrogens is 1. The Morgan fingerprint density at radius 3 is 2.62 bits per heavy atom. The van der Waals surface area contributed by atoms with Gasteiger partial charge in [-0.25, -0.2) is 13.4 Å². The average molecular weight is 540 g/mol. The molecule has 0 aliphatic rings. The number of thioether (sulfide) groups is 1. The zero-order valence-electron chi connectivity index (χ0n) is 19.0. The number of methoxy groups -OCH3 is 1. The molecule has 12 nitrogen and oxygen atoms in total. The quantitative estimate of drug-likeness (QED) is 0.178. The number of anilines is 2. The number of carbonyl (C=O) groups is 1. The third-order valence-electron chi connectivity index (χ3n) is 4.93. The van der Waals surface area contributed by atoms with Gasteiger partial charge in [0.25, 0.3) is 20.9 Å². The second kappa shape index (κ2) is 10.6. The van der Waals surface area contributed by atoms with Crippen molar-refractivity contribution in [3.05, 3.63) is 76.3 Å². The molecule has 14 heteroatoms. The second-order valence-corrected chi connectivity index (χ2v) is 9.99. The summed E-state index contributed by atoms with van der Waals surface area (Å²) in [5.41, 5.74) is 0.782. The highest BCUT2D eigenvalue weighted by Gasteiger charge is 2.18. The van der Waals surface area contributed by atoms with E-state index >= 15 is 0 Å². The lowest BCUT2D eigenvalue weighted by Crippen LogP contribution is -2.15. The summed E-state index contributed by atoms with van der Waals surface area (Å²) >= 11 is 0.957. The number of nitrogens with zero attached hydrogens (tertiary/aromatic N) is 3. The molecule has 0 saturated heterocycles. The summed E-state index contributed by atoms with van der Waals surface area (Å²) in [5, 5.41) is 22.7. The molecule has 0 aliphatic heterocycles. The predicted molar refractivity (Wildman–Crippen MR) is 135 cm³/mol. The Bertz CT molecular complexity index is 1640. The average Bonchev–Trinajstić information content (AvgIpc) is 3.30. The highest BCUT2D eigenvalue weighted by molar-refractivity contribution is 7.99. The van der Waals surface area contributed by atoms with Crippen LogP contribution in [0.15, 0.2) is 75.2 Å². The third-order valence-corrected chi connectivity index (χ3v) is 7.13. The number of benzene rings is 3. The zero-order valence-corrected chi connectivity index (χ0v) is 20.6. The normalized spacial score (nSPS) is 11.0. The molecule has 1 aromatic heterocycles. The Morgan fingerprint density at radius 1 is 1.19 bits per heavy atom. The van der Waals surface area contributed by atoms with E-state index in [0.717, 1.165) is 17.8 Å². The lowest BCUT2D eigenvalue weighted by atomic mass is 10.1. The second-order valence-electron chi connectivity index (χ2n) is 7.38. The number of sulfonamides is 1. The van der Waals surface area contributed by atoms with Crippen LogP contribution in [-0.2, 0) is 14.8 Å². The minimum Gasteiger partial charge on any atom is -0.497 e. The summed E-state index contributed by atoms with van der Waals surface area (Å²) in [6.07, 6.45) is 0. The minimum absolute atomic E-state index is 0.0272. The number of hydrogen-bond acceptors (Lipinski definition) is 10. The number of nitro groups is 1. The van der Waals surface area contributed by atoms with Gasteiger partial charge in [0.1, 0.15) is 17.3 Å². The molecule has 0 atom stereocenters. The highest BCUT2D eigenvalue weighted by Crippen LogP contribution is 2.27. The number of nitro benzene ring substituents is 1. The van der Waals surface area contributed by atoms with E-state index in [4.69, 9.17) is 9.15 Å². The maximum atomic E-state index is 12.8. The molecule has 3 aromatic carbocycles. The van der Waals surface area contributed by atoms with Gasteiger partial charge in [0, 0.05) is 17.8 Å². The standard InChI is InChI=1S/C23H17N5O7S2/c1-34-17-5-2-15(3-6-17)27-37(32,33)18-7-9-21-20(11-18)26-23(35-21)36-13-22(29)25-19-8-4-16(28(30)31)10-14(19)12-24/h2-11,27H,13H2,1H3,(H,25,29). The van der Waals surface area contributed by atoms with Crippen molar-refractivity contribution < 1.29 is 27.3 Å². The van der Waals surface area contributed by atoms with Gasteiger partial charge in [-0.1, -0.05) is 11.8 Å². The monoisotopic (exact) mass is 539 g/mol. The van der Waals surface area contributed by atoms with E-state index in [-0.39, 0.29) is 38.3 Å². The third kappa shape index (κ3) is 5.97. The fraction of sp³-hybridized carbons (Fsp3) is 0.0870. The number of rotatable bonds is 9. The molecule has 0 unspecified atom stereocenters. The van der Waals surface area contributed by atoms with E-state index in [9.17, 15) is 28.6 Å². The fourth-order valence-electron chi connectivity index (χ4n) is 3.15. The number of amides is 1. The van der Waals surface area contributed by atoms with Crippen molar-refractivity contribution >= 4 is 55.9 Å². The van der Waals surface area contributed by atoms with Crippen molar-refractivity contribution in [3.63, 3.8) is 0 Å². The Hall–Kier alpha value is -4.61. The molecular weight excluding hydrogens is 522 g/mol. The van der Waals surface area contributed by atoms with Gasteiger partial charge in [-0.3, -0.25) is 19.6 Å². The molecule has 0 saturated carbocycles. The molecule has 2 N–H and O–H groups in total. The van der Waals surface area contributed by atoms with Crippen LogP contribution in [0.1, 0.15) is 5.56 Å². The number of fused-ring (bicyclic) bond motifs is 1. The first-order valence-corrected chi connectivity index (χ1v) is 12.8. The minimum atomic E-state index is -3.90. The number of oxazole rings is 1. The molecule has 4 rings (SSSR count). The van der Waals surface area contributed by atoms with E-state index in [1.165, 1.54) is 37.4 Å². The van der Waals surface area contributed by atoms with Crippen LogP contribution in [0.3, 0.4) is 0 Å². The molecule has 188 valence electrons. The van der Waals surface area contributed by atoms with Crippen LogP contribution in [0, 0.1) is 21.4 Å². The predicted octanol–water partition coefficient (Wildman–Crippen LogP) is 4.15. The van der Waals surface area contributed by atoms with Crippen LogP contribution in [-0.4, -0.2) is 37.1 Å². The molecule has 0 spiro atoms. The number of nitriles is 1. The number of hydrogen-bond donors (Lipinski definition) is 2. The maximum Gasteiger partial charge on any atom is 0.270 e.